The number of rotatable bonds is 5. The Morgan fingerprint density at radius 1 is 1.25 bits per heavy atom. The lowest BCUT2D eigenvalue weighted by Gasteiger charge is -2.13. The highest BCUT2D eigenvalue weighted by atomic mass is 19.1. The van der Waals surface area contributed by atoms with Crippen molar-refractivity contribution in [2.45, 2.75) is 32.4 Å². The van der Waals surface area contributed by atoms with Crippen LogP contribution in [0.15, 0.2) is 41.2 Å². The smallest absolute Gasteiger partial charge is 0.266 e. The van der Waals surface area contributed by atoms with E-state index >= 15 is 0 Å². The third kappa shape index (κ3) is 3.30. The van der Waals surface area contributed by atoms with Crippen molar-refractivity contribution in [3.05, 3.63) is 63.8 Å². The number of aromatic nitrogens is 2. The molecule has 2 rings (SSSR count). The molecule has 0 spiro atoms. The van der Waals surface area contributed by atoms with Gasteiger partial charge in [0.1, 0.15) is 5.82 Å². The molecule has 1 atom stereocenters. The van der Waals surface area contributed by atoms with Gasteiger partial charge in [0.2, 0.25) is 0 Å². The second-order valence-electron chi connectivity index (χ2n) is 4.70. The molecule has 106 valence electrons. The maximum atomic E-state index is 12.9. The summed E-state index contributed by atoms with van der Waals surface area (Å²) in [6.07, 6.45) is 1.88. The first-order valence-corrected chi connectivity index (χ1v) is 6.71. The summed E-state index contributed by atoms with van der Waals surface area (Å²) in [7, 11) is 0. The van der Waals surface area contributed by atoms with Crippen LogP contribution < -0.4 is 11.3 Å². The second-order valence-corrected chi connectivity index (χ2v) is 4.70. The van der Waals surface area contributed by atoms with Gasteiger partial charge >= 0.3 is 0 Å². The Hall–Kier alpha value is -2.01. The summed E-state index contributed by atoms with van der Waals surface area (Å²) in [5.41, 5.74) is 7.35. The third-order valence-corrected chi connectivity index (χ3v) is 3.16. The third-order valence-electron chi connectivity index (χ3n) is 3.16. The molecule has 0 amide bonds. The highest BCUT2D eigenvalue weighted by Gasteiger charge is 2.12. The van der Waals surface area contributed by atoms with Crippen molar-refractivity contribution in [3.8, 4) is 0 Å². The predicted molar refractivity (Wildman–Crippen MR) is 75.8 cm³/mol. The van der Waals surface area contributed by atoms with Crippen LogP contribution in [0.3, 0.4) is 0 Å². The quantitative estimate of drug-likeness (QED) is 0.910. The van der Waals surface area contributed by atoms with Crippen molar-refractivity contribution in [1.29, 1.82) is 0 Å². The van der Waals surface area contributed by atoms with Crippen LogP contribution in [0.4, 0.5) is 4.39 Å². The first kappa shape index (κ1) is 14.4. The van der Waals surface area contributed by atoms with Crippen molar-refractivity contribution in [3.63, 3.8) is 0 Å². The Kier molecular flexibility index (Phi) is 4.63. The van der Waals surface area contributed by atoms with E-state index in [9.17, 15) is 9.18 Å². The molecule has 0 saturated carbocycles. The van der Waals surface area contributed by atoms with E-state index in [-0.39, 0.29) is 11.4 Å². The summed E-state index contributed by atoms with van der Waals surface area (Å²) in [5.74, 6) is -0.304. The number of nitrogens with two attached hydrogens (primary N) is 1. The van der Waals surface area contributed by atoms with Gasteiger partial charge in [0, 0.05) is 12.6 Å². The fourth-order valence-electron chi connectivity index (χ4n) is 1.94. The van der Waals surface area contributed by atoms with Gasteiger partial charge < -0.3 is 5.73 Å². The number of aryl methyl sites for hydroxylation is 1. The standard InChI is InChI=1S/C15H18FN3O/c1-2-3-10-19-14(20)9-8-13(18-19)15(17)11-4-6-12(16)7-5-11/h4-9,15H,2-3,10,17H2,1H3. The average molecular weight is 275 g/mol. The van der Waals surface area contributed by atoms with Crippen LogP contribution in [0.25, 0.3) is 0 Å². The summed E-state index contributed by atoms with van der Waals surface area (Å²) < 4.78 is 14.3. The monoisotopic (exact) mass is 275 g/mol. The zero-order chi connectivity index (χ0) is 14.5. The normalized spacial score (nSPS) is 12.3. The molecule has 1 unspecified atom stereocenters. The summed E-state index contributed by atoms with van der Waals surface area (Å²) in [6.45, 7) is 2.64. The number of benzene rings is 1. The number of hydrogen-bond acceptors (Lipinski definition) is 3. The van der Waals surface area contributed by atoms with E-state index in [0.29, 0.717) is 12.2 Å². The Balaban J connectivity index is 2.27. The minimum absolute atomic E-state index is 0.131. The van der Waals surface area contributed by atoms with E-state index in [4.69, 9.17) is 5.73 Å². The van der Waals surface area contributed by atoms with Gasteiger partial charge in [-0.3, -0.25) is 4.79 Å². The van der Waals surface area contributed by atoms with Gasteiger partial charge in [0.25, 0.3) is 5.56 Å². The SMILES string of the molecule is CCCCn1nc(C(N)c2ccc(F)cc2)ccc1=O. The number of unbranched alkanes of at least 4 members (excludes halogenated alkanes) is 1. The van der Waals surface area contributed by atoms with Crippen LogP contribution in [-0.2, 0) is 6.54 Å². The summed E-state index contributed by atoms with van der Waals surface area (Å²) in [4.78, 5) is 11.7. The number of halogens is 1. The summed E-state index contributed by atoms with van der Waals surface area (Å²) >= 11 is 0. The summed E-state index contributed by atoms with van der Waals surface area (Å²) in [6, 6.07) is 8.61. The van der Waals surface area contributed by atoms with Crippen molar-refractivity contribution < 1.29 is 4.39 Å². The van der Waals surface area contributed by atoms with Crippen molar-refractivity contribution in [2.75, 3.05) is 0 Å². The van der Waals surface area contributed by atoms with Crippen molar-refractivity contribution in [1.82, 2.24) is 9.78 Å². The molecule has 0 saturated heterocycles. The van der Waals surface area contributed by atoms with E-state index in [2.05, 4.69) is 12.0 Å². The summed E-state index contributed by atoms with van der Waals surface area (Å²) in [5, 5.41) is 4.29. The molecule has 4 nitrogen and oxygen atoms in total. The van der Waals surface area contributed by atoms with Crippen LogP contribution in [-0.4, -0.2) is 9.78 Å². The Labute approximate surface area is 117 Å². The molecule has 5 heteroatoms. The molecular weight excluding hydrogens is 257 g/mol. The van der Waals surface area contributed by atoms with E-state index in [1.165, 1.54) is 22.9 Å². The molecule has 0 aliphatic rings. The van der Waals surface area contributed by atoms with Crippen LogP contribution in [0.5, 0.6) is 0 Å². The van der Waals surface area contributed by atoms with Crippen LogP contribution in [0.2, 0.25) is 0 Å². The molecule has 0 aliphatic heterocycles. The molecular formula is C15H18FN3O. The van der Waals surface area contributed by atoms with Crippen molar-refractivity contribution in [2.24, 2.45) is 5.73 Å². The molecule has 0 aliphatic carbocycles. The van der Waals surface area contributed by atoms with Crippen molar-refractivity contribution >= 4 is 0 Å². The van der Waals surface area contributed by atoms with E-state index in [0.717, 1.165) is 18.4 Å². The largest absolute Gasteiger partial charge is 0.319 e. The molecule has 0 radical (unpaired) electrons. The maximum absolute atomic E-state index is 12.9. The highest BCUT2D eigenvalue weighted by Crippen LogP contribution is 2.17. The Morgan fingerprint density at radius 2 is 1.95 bits per heavy atom. The van der Waals surface area contributed by atoms with Crippen LogP contribution in [0.1, 0.15) is 37.1 Å². The zero-order valence-corrected chi connectivity index (χ0v) is 11.4. The van der Waals surface area contributed by atoms with Gasteiger partial charge in [-0.25, -0.2) is 9.07 Å². The van der Waals surface area contributed by atoms with Gasteiger partial charge in [-0.1, -0.05) is 25.5 Å². The maximum Gasteiger partial charge on any atom is 0.266 e. The molecule has 1 aromatic heterocycles. The number of nitrogens with zero attached hydrogens (tertiary/aromatic N) is 2. The van der Waals surface area contributed by atoms with Gasteiger partial charge in [-0.15, -0.1) is 0 Å². The molecule has 1 heterocycles. The van der Waals surface area contributed by atoms with E-state index in [1.54, 1.807) is 18.2 Å². The topological polar surface area (TPSA) is 60.9 Å². The molecule has 2 N–H and O–H groups in total. The molecule has 20 heavy (non-hydrogen) atoms. The fraction of sp³-hybridized carbons (Fsp3) is 0.333. The zero-order valence-electron chi connectivity index (χ0n) is 11.4. The lowest BCUT2D eigenvalue weighted by Crippen LogP contribution is -2.26. The minimum Gasteiger partial charge on any atom is -0.319 e. The molecule has 2 aromatic rings. The van der Waals surface area contributed by atoms with Crippen LogP contribution in [0, 0.1) is 5.82 Å². The predicted octanol–water partition coefficient (Wildman–Crippen LogP) is 2.23. The fourth-order valence-corrected chi connectivity index (χ4v) is 1.94. The number of hydrogen-bond donors (Lipinski definition) is 1. The molecule has 1 aromatic carbocycles. The first-order chi connectivity index (χ1) is 9.61. The molecule has 0 fully saturated rings. The first-order valence-electron chi connectivity index (χ1n) is 6.71. The molecule has 0 bridgehead atoms. The Morgan fingerprint density at radius 3 is 2.60 bits per heavy atom. The van der Waals surface area contributed by atoms with Gasteiger partial charge in [0.15, 0.2) is 0 Å². The van der Waals surface area contributed by atoms with Gasteiger partial charge in [-0.2, -0.15) is 5.10 Å². The van der Waals surface area contributed by atoms with E-state index in [1.807, 2.05) is 0 Å². The van der Waals surface area contributed by atoms with Gasteiger partial charge in [-0.05, 0) is 30.2 Å². The Bertz CT molecular complexity index is 622. The lowest BCUT2D eigenvalue weighted by atomic mass is 10.0. The van der Waals surface area contributed by atoms with E-state index < -0.39 is 6.04 Å². The lowest BCUT2D eigenvalue weighted by molar-refractivity contribution is 0.527. The second kappa shape index (κ2) is 6.43. The highest BCUT2D eigenvalue weighted by molar-refractivity contribution is 5.26. The average Bonchev–Trinajstić information content (AvgIpc) is 2.46. The van der Waals surface area contributed by atoms with Crippen LogP contribution >= 0.6 is 0 Å². The van der Waals surface area contributed by atoms with Gasteiger partial charge in [0.05, 0.1) is 11.7 Å². The minimum atomic E-state index is -0.468.